The minimum Gasteiger partial charge on any atom is -0.455 e. The van der Waals surface area contributed by atoms with E-state index in [9.17, 15) is 14.7 Å². The van der Waals surface area contributed by atoms with Gasteiger partial charge in [-0.1, -0.05) is 26.3 Å². The van der Waals surface area contributed by atoms with E-state index in [1.807, 2.05) is 32.2 Å². The molecule has 2 aliphatic heterocycles. The molecule has 1 fully saturated rings. The summed E-state index contributed by atoms with van der Waals surface area (Å²) in [5.41, 5.74) is 0.887. The van der Waals surface area contributed by atoms with Crippen molar-refractivity contribution < 1.29 is 24.2 Å². The molecule has 2 aliphatic rings. The minimum atomic E-state index is -0.892. The summed E-state index contributed by atoms with van der Waals surface area (Å²) in [5, 5.41) is 13.8. The van der Waals surface area contributed by atoms with Gasteiger partial charge in [0, 0.05) is 35.1 Å². The third-order valence-corrected chi connectivity index (χ3v) is 8.08. The molecule has 188 valence electrons. The largest absolute Gasteiger partial charge is 0.455 e. The Bertz CT molecular complexity index is 933. The van der Waals surface area contributed by atoms with Crippen molar-refractivity contribution in [3.63, 3.8) is 0 Å². The van der Waals surface area contributed by atoms with E-state index in [4.69, 9.17) is 9.47 Å². The second-order valence-corrected chi connectivity index (χ2v) is 11.6. The molecule has 0 bridgehead atoms. The number of hydrogen-bond donors (Lipinski definition) is 1. The molecule has 1 N–H and O–H groups in total. The second-order valence-electron chi connectivity index (χ2n) is 10.6. The van der Waals surface area contributed by atoms with Crippen LogP contribution in [0.2, 0.25) is 0 Å². The fourth-order valence-corrected chi connectivity index (χ4v) is 5.42. The highest BCUT2D eigenvalue weighted by atomic mass is 32.1. The SMILES string of the molecule is CC(=Cc1csc(C)n1)[C@H]1C[C@@H]2OC[C@@H]2CCC[C@@H](C)[C@@H](O)[C@H](C)C(=O)C(C)(C)C=CC(=O)O1. The Morgan fingerprint density at radius 3 is 2.62 bits per heavy atom. The first-order valence-electron chi connectivity index (χ1n) is 12.3. The van der Waals surface area contributed by atoms with Crippen molar-refractivity contribution in [2.75, 3.05) is 6.61 Å². The highest BCUT2D eigenvalue weighted by molar-refractivity contribution is 7.09. The predicted molar refractivity (Wildman–Crippen MR) is 134 cm³/mol. The predicted octanol–water partition coefficient (Wildman–Crippen LogP) is 5.14. The average Bonchev–Trinajstić information content (AvgIpc) is 3.19. The number of cyclic esters (lactones) is 1. The summed E-state index contributed by atoms with van der Waals surface area (Å²) < 4.78 is 11.8. The van der Waals surface area contributed by atoms with Gasteiger partial charge in [-0.3, -0.25) is 4.79 Å². The van der Waals surface area contributed by atoms with Crippen molar-refractivity contribution in [3.05, 3.63) is 33.8 Å². The molecule has 0 radical (unpaired) electrons. The number of fused-ring (bicyclic) bond motifs is 1. The normalized spacial score (nSPS) is 33.7. The minimum absolute atomic E-state index is 0.0236. The monoisotopic (exact) mass is 489 g/mol. The quantitative estimate of drug-likeness (QED) is 0.579. The van der Waals surface area contributed by atoms with Crippen LogP contribution in [0.4, 0.5) is 0 Å². The lowest BCUT2D eigenvalue weighted by atomic mass is 9.76. The molecule has 1 saturated heterocycles. The molecule has 1 aromatic rings. The van der Waals surface area contributed by atoms with E-state index in [-0.39, 0.29) is 17.8 Å². The van der Waals surface area contributed by atoms with Gasteiger partial charge in [0.2, 0.25) is 0 Å². The lowest BCUT2D eigenvalue weighted by Crippen LogP contribution is -2.43. The first-order valence-corrected chi connectivity index (χ1v) is 13.2. The maximum absolute atomic E-state index is 13.1. The first kappa shape index (κ1) is 26.8. The van der Waals surface area contributed by atoms with E-state index in [2.05, 4.69) is 4.98 Å². The van der Waals surface area contributed by atoms with E-state index in [1.165, 1.54) is 6.08 Å². The number of hydrogen-bond acceptors (Lipinski definition) is 7. The van der Waals surface area contributed by atoms with Gasteiger partial charge in [0.25, 0.3) is 0 Å². The van der Waals surface area contributed by atoms with Crippen LogP contribution in [0.1, 0.15) is 71.0 Å². The van der Waals surface area contributed by atoms with Crippen molar-refractivity contribution >= 4 is 29.2 Å². The number of carbonyl (C=O) groups is 2. The number of nitrogens with zero attached hydrogens (tertiary/aromatic N) is 1. The molecule has 0 unspecified atom stereocenters. The van der Waals surface area contributed by atoms with Crippen LogP contribution in [0.15, 0.2) is 23.1 Å². The molecular weight excluding hydrogens is 450 g/mol. The van der Waals surface area contributed by atoms with Crippen LogP contribution in [0.3, 0.4) is 0 Å². The van der Waals surface area contributed by atoms with E-state index < -0.39 is 29.5 Å². The van der Waals surface area contributed by atoms with Gasteiger partial charge in [-0.05, 0) is 58.1 Å². The van der Waals surface area contributed by atoms with Crippen molar-refractivity contribution in [2.45, 2.75) is 85.5 Å². The third kappa shape index (κ3) is 6.64. The highest BCUT2D eigenvalue weighted by Crippen LogP contribution is 2.34. The number of aromatic nitrogens is 1. The molecule has 3 rings (SSSR count). The number of thiazole rings is 1. The van der Waals surface area contributed by atoms with Crippen molar-refractivity contribution in [1.29, 1.82) is 0 Å². The molecule has 34 heavy (non-hydrogen) atoms. The van der Waals surface area contributed by atoms with Crippen molar-refractivity contribution in [2.24, 2.45) is 23.2 Å². The molecule has 0 spiro atoms. The van der Waals surface area contributed by atoms with Crippen LogP contribution in [0.5, 0.6) is 0 Å². The molecule has 7 heteroatoms. The Labute approximate surface area is 207 Å². The second kappa shape index (κ2) is 11.3. The van der Waals surface area contributed by atoms with Gasteiger partial charge in [-0.15, -0.1) is 11.3 Å². The van der Waals surface area contributed by atoms with Crippen LogP contribution < -0.4 is 0 Å². The summed E-state index contributed by atoms with van der Waals surface area (Å²) in [6.07, 6.45) is 7.21. The van der Waals surface area contributed by atoms with E-state index in [0.29, 0.717) is 18.9 Å². The van der Waals surface area contributed by atoms with Gasteiger partial charge in [0.05, 0.1) is 29.5 Å². The zero-order valence-corrected chi connectivity index (χ0v) is 22.1. The molecule has 1 aromatic heterocycles. The summed E-state index contributed by atoms with van der Waals surface area (Å²) in [6, 6.07) is 0. The summed E-state index contributed by atoms with van der Waals surface area (Å²) >= 11 is 1.58. The maximum Gasteiger partial charge on any atom is 0.331 e. The van der Waals surface area contributed by atoms with Gasteiger partial charge >= 0.3 is 5.97 Å². The topological polar surface area (TPSA) is 85.7 Å². The van der Waals surface area contributed by atoms with Crippen LogP contribution in [0, 0.1) is 30.1 Å². The summed E-state index contributed by atoms with van der Waals surface area (Å²) in [5.74, 6) is -0.658. The number of ether oxygens (including phenoxy) is 2. The summed E-state index contributed by atoms with van der Waals surface area (Å²) in [4.78, 5) is 30.4. The smallest absolute Gasteiger partial charge is 0.331 e. The number of rotatable bonds is 2. The Morgan fingerprint density at radius 2 is 2.00 bits per heavy atom. The standard InChI is InChI=1S/C27H39NO5S/c1-16-8-7-9-20-14-32-23(20)13-22(17(2)12-21-15-34-19(4)28-21)33-24(29)10-11-27(5,6)26(31)18(3)25(16)30/h10-12,15-16,18,20,22-23,25,30H,7-9,13-14H2,1-6H3/t16-,18+,20+,22-,23+,25-/m1/s1. The molecule has 6 nitrogen and oxygen atoms in total. The average molecular weight is 490 g/mol. The van der Waals surface area contributed by atoms with Crippen molar-refractivity contribution in [1.82, 2.24) is 4.98 Å². The van der Waals surface area contributed by atoms with E-state index in [1.54, 1.807) is 38.2 Å². The Balaban J connectivity index is 1.85. The van der Waals surface area contributed by atoms with Gasteiger partial charge in [-0.25, -0.2) is 9.78 Å². The molecule has 3 heterocycles. The van der Waals surface area contributed by atoms with Gasteiger partial charge in [-0.2, -0.15) is 0 Å². The number of carbonyl (C=O) groups excluding carboxylic acids is 2. The van der Waals surface area contributed by atoms with E-state index in [0.717, 1.165) is 35.5 Å². The van der Waals surface area contributed by atoms with Gasteiger partial charge in [0.15, 0.2) is 0 Å². The number of Topliss-reactive ketones (excluding diaryl/α,β-unsaturated/α-hetero) is 1. The number of aryl methyl sites for hydroxylation is 1. The number of aliphatic hydroxyl groups excluding tert-OH is 1. The molecule has 0 aliphatic carbocycles. The Kier molecular flexibility index (Phi) is 8.87. The zero-order valence-electron chi connectivity index (χ0n) is 21.2. The fourth-order valence-electron chi connectivity index (χ4n) is 4.85. The first-order chi connectivity index (χ1) is 16.0. The van der Waals surface area contributed by atoms with Crippen LogP contribution in [-0.4, -0.2) is 46.8 Å². The zero-order chi connectivity index (χ0) is 25.0. The lowest BCUT2D eigenvalue weighted by molar-refractivity contribution is -0.153. The Hall–Kier alpha value is -1.83. The fraction of sp³-hybridized carbons (Fsp3) is 0.667. The number of allylic oxidation sites excluding steroid dienone is 1. The third-order valence-electron chi connectivity index (χ3n) is 7.29. The highest BCUT2D eigenvalue weighted by Gasteiger charge is 2.37. The van der Waals surface area contributed by atoms with Gasteiger partial charge in [0.1, 0.15) is 11.9 Å². The maximum atomic E-state index is 13.1. The Morgan fingerprint density at radius 1 is 1.26 bits per heavy atom. The number of esters is 1. The number of ketones is 1. The lowest BCUT2D eigenvalue weighted by Gasteiger charge is -2.39. The molecule has 6 atom stereocenters. The van der Waals surface area contributed by atoms with Crippen molar-refractivity contribution in [3.8, 4) is 0 Å². The van der Waals surface area contributed by atoms with E-state index >= 15 is 0 Å². The molecule has 0 amide bonds. The molecule has 0 saturated carbocycles. The summed E-state index contributed by atoms with van der Waals surface area (Å²) in [7, 11) is 0. The molecular formula is C27H39NO5S. The summed E-state index contributed by atoms with van der Waals surface area (Å²) in [6.45, 7) is 12.0. The number of aliphatic hydroxyl groups is 1. The van der Waals surface area contributed by atoms with Crippen LogP contribution >= 0.6 is 11.3 Å². The van der Waals surface area contributed by atoms with Crippen LogP contribution in [0.25, 0.3) is 6.08 Å². The van der Waals surface area contributed by atoms with Gasteiger partial charge < -0.3 is 14.6 Å². The van der Waals surface area contributed by atoms with Crippen LogP contribution in [-0.2, 0) is 19.1 Å². The molecule has 0 aromatic carbocycles.